The van der Waals surface area contributed by atoms with Crippen molar-refractivity contribution in [1.82, 2.24) is 9.97 Å². The minimum atomic E-state index is -0.0608. The van der Waals surface area contributed by atoms with Crippen molar-refractivity contribution in [2.45, 2.75) is 18.9 Å². The number of allylic oxidation sites excluding steroid dienone is 1. The first kappa shape index (κ1) is 26.6. The van der Waals surface area contributed by atoms with Crippen molar-refractivity contribution in [2.24, 2.45) is 15.9 Å². The number of fused-ring (bicyclic) bond motifs is 6. The van der Waals surface area contributed by atoms with Crippen LogP contribution >= 0.6 is 0 Å². The fourth-order valence-electron chi connectivity index (χ4n) is 6.84. The summed E-state index contributed by atoms with van der Waals surface area (Å²) in [6, 6.07) is 42.3. The van der Waals surface area contributed by atoms with Crippen LogP contribution in [0.1, 0.15) is 40.4 Å². The maximum Gasteiger partial charge on any atom is 0.103 e. The highest BCUT2D eigenvalue weighted by molar-refractivity contribution is 6.10. The molecule has 2 unspecified atom stereocenters. The molecule has 0 N–H and O–H groups in total. The van der Waals surface area contributed by atoms with Gasteiger partial charge in [0.05, 0.1) is 34.0 Å². The maximum absolute atomic E-state index is 5.31. The molecule has 4 heterocycles. The molecule has 9 rings (SSSR count). The Labute approximate surface area is 268 Å². The molecule has 46 heavy (non-hydrogen) atoms. The van der Waals surface area contributed by atoms with Gasteiger partial charge in [-0.15, -0.1) is 0 Å². The zero-order valence-electron chi connectivity index (χ0n) is 25.2. The normalized spacial score (nSPS) is 17.9. The lowest BCUT2D eigenvalue weighted by atomic mass is 9.85. The Morgan fingerprint density at radius 2 is 1.28 bits per heavy atom. The van der Waals surface area contributed by atoms with Crippen LogP contribution in [0.4, 0.5) is 5.69 Å². The van der Waals surface area contributed by atoms with Crippen LogP contribution in [-0.2, 0) is 6.42 Å². The van der Waals surface area contributed by atoms with E-state index in [-0.39, 0.29) is 12.0 Å². The van der Waals surface area contributed by atoms with Gasteiger partial charge in [0.2, 0.25) is 0 Å². The van der Waals surface area contributed by atoms with Gasteiger partial charge in [-0.3, -0.25) is 9.98 Å². The first-order chi connectivity index (χ1) is 22.8. The number of pyridine rings is 2. The molecule has 0 fully saturated rings. The summed E-state index contributed by atoms with van der Waals surface area (Å²) in [6.07, 6.45) is 10.7. The molecule has 1 aliphatic carbocycles. The lowest BCUT2D eigenvalue weighted by molar-refractivity contribution is 0.592. The Bertz CT molecular complexity index is 2260. The number of aliphatic imine (C=N–C) groups is 2. The van der Waals surface area contributed by atoms with Crippen molar-refractivity contribution in [3.63, 3.8) is 0 Å². The molecule has 0 amide bonds. The first-order valence-electron chi connectivity index (χ1n) is 15.9. The molecular formula is C42H30N4. The lowest BCUT2D eigenvalue weighted by Crippen LogP contribution is -2.19. The van der Waals surface area contributed by atoms with Crippen molar-refractivity contribution in [3.05, 3.63) is 168 Å². The lowest BCUT2D eigenvalue weighted by Gasteiger charge is -2.28. The summed E-state index contributed by atoms with van der Waals surface area (Å²) in [4.78, 5) is 20.8. The number of aromatic nitrogens is 2. The van der Waals surface area contributed by atoms with E-state index in [0.717, 1.165) is 80.2 Å². The number of rotatable bonds is 4. The van der Waals surface area contributed by atoms with Crippen molar-refractivity contribution in [1.29, 1.82) is 0 Å². The SMILES string of the molecule is C1=CC2C=Cc3ccc(-c4ccccc4)nc3C2N=C1c1cccc(-c2ccc3ccc4c(c3n2)N=C(c2ccccc2)CC4)c1. The van der Waals surface area contributed by atoms with Crippen molar-refractivity contribution < 1.29 is 0 Å². The van der Waals surface area contributed by atoms with Crippen LogP contribution in [0.3, 0.4) is 0 Å². The number of benzene rings is 4. The molecule has 2 aromatic heterocycles. The van der Waals surface area contributed by atoms with E-state index >= 15 is 0 Å². The van der Waals surface area contributed by atoms with Crippen molar-refractivity contribution >= 4 is 34.1 Å². The summed E-state index contributed by atoms with van der Waals surface area (Å²) in [5.41, 5.74) is 13.8. The van der Waals surface area contributed by atoms with E-state index in [2.05, 4.69) is 140 Å². The summed E-state index contributed by atoms with van der Waals surface area (Å²) in [7, 11) is 0. The Kier molecular flexibility index (Phi) is 6.38. The average molecular weight is 591 g/mol. The highest BCUT2D eigenvalue weighted by Crippen LogP contribution is 2.39. The topological polar surface area (TPSA) is 50.5 Å². The second kappa shape index (κ2) is 11.0. The second-order valence-electron chi connectivity index (χ2n) is 12.1. The standard InChI is InChI=1S/C42H30N4/c1-3-8-27(9-4-1)35-22-18-29-14-16-31-20-24-37(45-41(31)39(29)43-35)33-12-7-13-34(26-33)38-25-21-32-17-15-30-19-23-36(28-10-5-2-6-11-28)44-40(30)42(32)46-38/h1-18,20-22,24-26,31,41H,19,23H2. The predicted octanol–water partition coefficient (Wildman–Crippen LogP) is 9.77. The van der Waals surface area contributed by atoms with E-state index in [4.69, 9.17) is 20.0 Å². The number of hydrogen-bond acceptors (Lipinski definition) is 4. The third-order valence-electron chi connectivity index (χ3n) is 9.28. The largest absolute Gasteiger partial charge is 0.274 e. The summed E-state index contributed by atoms with van der Waals surface area (Å²) >= 11 is 0. The molecule has 4 nitrogen and oxygen atoms in total. The van der Waals surface area contributed by atoms with Gasteiger partial charge in [-0.05, 0) is 53.8 Å². The molecule has 0 saturated heterocycles. The molecule has 2 atom stereocenters. The van der Waals surface area contributed by atoms with Gasteiger partial charge in [0.1, 0.15) is 6.04 Å². The van der Waals surface area contributed by atoms with Crippen molar-refractivity contribution in [2.75, 3.05) is 0 Å². The van der Waals surface area contributed by atoms with Crippen LogP contribution in [0.25, 0.3) is 39.5 Å². The van der Waals surface area contributed by atoms with E-state index in [1.54, 1.807) is 0 Å². The smallest absolute Gasteiger partial charge is 0.103 e. The third-order valence-corrected chi connectivity index (χ3v) is 9.28. The molecule has 3 aliphatic rings. The summed E-state index contributed by atoms with van der Waals surface area (Å²) in [6.45, 7) is 0. The Hall–Kier alpha value is -5.74. The molecule has 0 bridgehead atoms. The molecule has 0 radical (unpaired) electrons. The summed E-state index contributed by atoms with van der Waals surface area (Å²) in [5.74, 6) is 0.188. The summed E-state index contributed by atoms with van der Waals surface area (Å²) < 4.78 is 0. The monoisotopic (exact) mass is 590 g/mol. The van der Waals surface area contributed by atoms with Crippen LogP contribution in [-0.4, -0.2) is 21.4 Å². The van der Waals surface area contributed by atoms with Gasteiger partial charge in [0.25, 0.3) is 0 Å². The Morgan fingerprint density at radius 1 is 0.565 bits per heavy atom. The number of hydrogen-bond donors (Lipinski definition) is 0. The fraction of sp³-hybridized carbons (Fsp3) is 0.0952. The van der Waals surface area contributed by atoms with Gasteiger partial charge in [0.15, 0.2) is 0 Å². The predicted molar refractivity (Wildman–Crippen MR) is 189 cm³/mol. The van der Waals surface area contributed by atoms with Crippen LogP contribution in [0.5, 0.6) is 0 Å². The number of aryl methyl sites for hydroxylation is 1. The maximum atomic E-state index is 5.31. The van der Waals surface area contributed by atoms with Gasteiger partial charge >= 0.3 is 0 Å². The molecule has 6 aromatic rings. The average Bonchev–Trinajstić information content (AvgIpc) is 3.14. The van der Waals surface area contributed by atoms with E-state index in [1.165, 1.54) is 11.1 Å². The van der Waals surface area contributed by atoms with Crippen LogP contribution in [0.2, 0.25) is 0 Å². The quantitative estimate of drug-likeness (QED) is 0.205. The Balaban J connectivity index is 1.08. The molecule has 218 valence electrons. The van der Waals surface area contributed by atoms with Crippen molar-refractivity contribution in [3.8, 4) is 22.5 Å². The molecule has 0 spiro atoms. The molecular weight excluding hydrogens is 560 g/mol. The van der Waals surface area contributed by atoms with E-state index < -0.39 is 0 Å². The third kappa shape index (κ3) is 4.70. The molecule has 4 heteroatoms. The van der Waals surface area contributed by atoms with Gasteiger partial charge in [-0.25, -0.2) is 9.97 Å². The molecule has 0 saturated carbocycles. The zero-order chi connectivity index (χ0) is 30.5. The van der Waals surface area contributed by atoms with E-state index in [1.807, 2.05) is 6.07 Å². The van der Waals surface area contributed by atoms with Gasteiger partial charge in [-0.1, -0.05) is 121 Å². The van der Waals surface area contributed by atoms with Crippen LogP contribution in [0, 0.1) is 5.92 Å². The highest BCUT2D eigenvalue weighted by Gasteiger charge is 2.29. The number of dihydropyridines is 1. The highest BCUT2D eigenvalue weighted by atomic mass is 14.9. The minimum absolute atomic E-state index is 0.0608. The van der Waals surface area contributed by atoms with E-state index in [0.29, 0.717) is 0 Å². The second-order valence-corrected chi connectivity index (χ2v) is 12.1. The molecule has 2 aliphatic heterocycles. The van der Waals surface area contributed by atoms with Gasteiger partial charge in [-0.2, -0.15) is 0 Å². The minimum Gasteiger partial charge on any atom is -0.274 e. The Morgan fingerprint density at radius 3 is 2.15 bits per heavy atom. The van der Waals surface area contributed by atoms with Crippen LogP contribution < -0.4 is 0 Å². The first-order valence-corrected chi connectivity index (χ1v) is 15.9. The zero-order valence-corrected chi connectivity index (χ0v) is 25.2. The fourth-order valence-corrected chi connectivity index (χ4v) is 6.84. The number of nitrogens with zero attached hydrogens (tertiary/aromatic N) is 4. The van der Waals surface area contributed by atoms with Gasteiger partial charge in [0, 0.05) is 33.7 Å². The van der Waals surface area contributed by atoms with Gasteiger partial charge < -0.3 is 0 Å². The molecule has 4 aromatic carbocycles. The van der Waals surface area contributed by atoms with E-state index in [9.17, 15) is 0 Å². The summed E-state index contributed by atoms with van der Waals surface area (Å²) in [5, 5.41) is 1.11. The van der Waals surface area contributed by atoms with Crippen LogP contribution in [0.15, 0.2) is 150 Å².